The highest BCUT2D eigenvalue weighted by Gasteiger charge is 2.16. The molecule has 1 N–H and O–H groups in total. The van der Waals surface area contributed by atoms with Crippen molar-refractivity contribution in [2.24, 2.45) is 0 Å². The van der Waals surface area contributed by atoms with Crippen molar-refractivity contribution in [3.63, 3.8) is 0 Å². The highest BCUT2D eigenvalue weighted by atomic mass is 35.5. The van der Waals surface area contributed by atoms with Crippen molar-refractivity contribution >= 4 is 17.5 Å². The predicted molar refractivity (Wildman–Crippen MR) is 102 cm³/mol. The Morgan fingerprint density at radius 3 is 2.64 bits per heavy atom. The molecule has 2 aromatic rings. The van der Waals surface area contributed by atoms with Crippen molar-refractivity contribution < 1.29 is 4.79 Å². The molecule has 4 heteroatoms. The monoisotopic (exact) mass is 354 g/mol. The van der Waals surface area contributed by atoms with Gasteiger partial charge >= 0.3 is 0 Å². The van der Waals surface area contributed by atoms with Gasteiger partial charge in [0.2, 0.25) is 5.91 Å². The van der Waals surface area contributed by atoms with Crippen LogP contribution in [0.2, 0.25) is 5.02 Å². The first-order valence-corrected chi connectivity index (χ1v) is 8.97. The number of halogens is 1. The van der Waals surface area contributed by atoms with Crippen molar-refractivity contribution in [2.45, 2.75) is 26.4 Å². The summed E-state index contributed by atoms with van der Waals surface area (Å²) < 4.78 is 0. The summed E-state index contributed by atoms with van der Waals surface area (Å²) in [4.78, 5) is 14.7. The van der Waals surface area contributed by atoms with Crippen LogP contribution in [0.4, 0.5) is 0 Å². The van der Waals surface area contributed by atoms with Gasteiger partial charge in [-0.15, -0.1) is 0 Å². The van der Waals surface area contributed by atoms with Crippen LogP contribution in [0.15, 0.2) is 60.2 Å². The van der Waals surface area contributed by atoms with Crippen LogP contribution in [-0.2, 0) is 17.9 Å². The van der Waals surface area contributed by atoms with E-state index >= 15 is 0 Å². The molecule has 1 aliphatic rings. The van der Waals surface area contributed by atoms with Crippen molar-refractivity contribution in [1.82, 2.24) is 10.2 Å². The summed E-state index contributed by atoms with van der Waals surface area (Å²) >= 11 is 5.97. The van der Waals surface area contributed by atoms with Gasteiger partial charge in [-0.25, -0.2) is 0 Å². The zero-order valence-electron chi connectivity index (χ0n) is 14.5. The third-order valence-corrected chi connectivity index (χ3v) is 4.69. The number of nitrogens with zero attached hydrogens (tertiary/aromatic N) is 1. The van der Waals surface area contributed by atoms with Crippen molar-refractivity contribution in [3.05, 3.63) is 81.9 Å². The Morgan fingerprint density at radius 1 is 1.16 bits per heavy atom. The van der Waals surface area contributed by atoms with Crippen molar-refractivity contribution in [3.8, 4) is 0 Å². The fraction of sp³-hybridized carbons (Fsp3) is 0.286. The van der Waals surface area contributed by atoms with Gasteiger partial charge in [0.05, 0.1) is 0 Å². The van der Waals surface area contributed by atoms with Crippen molar-refractivity contribution in [1.29, 1.82) is 0 Å². The van der Waals surface area contributed by atoms with E-state index in [9.17, 15) is 4.79 Å². The van der Waals surface area contributed by atoms with E-state index in [1.54, 1.807) is 0 Å². The molecule has 1 aliphatic heterocycles. The van der Waals surface area contributed by atoms with E-state index in [4.69, 9.17) is 11.6 Å². The number of benzene rings is 2. The van der Waals surface area contributed by atoms with E-state index in [0.717, 1.165) is 37.2 Å². The average Bonchev–Trinajstić information content (AvgIpc) is 2.62. The summed E-state index contributed by atoms with van der Waals surface area (Å²) in [6.07, 6.45) is 2.83. The number of carbonyl (C=O) groups is 1. The second-order valence-corrected chi connectivity index (χ2v) is 6.95. The Balaban J connectivity index is 1.50. The third kappa shape index (κ3) is 5.18. The molecule has 3 rings (SSSR count). The second-order valence-electron chi connectivity index (χ2n) is 6.51. The van der Waals surface area contributed by atoms with Gasteiger partial charge in [-0.3, -0.25) is 9.69 Å². The highest BCUT2D eigenvalue weighted by Crippen LogP contribution is 2.15. The molecule has 2 aromatic carbocycles. The van der Waals surface area contributed by atoms with Gasteiger partial charge in [-0.1, -0.05) is 59.6 Å². The molecular formula is C21H23ClN2O. The number of rotatable bonds is 5. The van der Waals surface area contributed by atoms with E-state index < -0.39 is 0 Å². The standard InChI is InChI=1S/C21H23ClN2O/c1-16-5-7-17(8-6-16)15-24-11-9-19(10-12-24)21(25)23-14-18-3-2-4-20(22)13-18/h2-9,13H,10-12,14-15H2,1H3,(H,23,25). The van der Waals surface area contributed by atoms with Gasteiger partial charge < -0.3 is 5.32 Å². The molecule has 0 saturated carbocycles. The number of hydrogen-bond acceptors (Lipinski definition) is 2. The Labute approximate surface area is 154 Å². The SMILES string of the molecule is Cc1ccc(CN2CC=C(C(=O)NCc3cccc(Cl)c3)CC2)cc1. The summed E-state index contributed by atoms with van der Waals surface area (Å²) in [5.41, 5.74) is 4.48. The van der Waals surface area contributed by atoms with E-state index in [2.05, 4.69) is 41.4 Å². The first kappa shape index (κ1) is 17.7. The lowest BCUT2D eigenvalue weighted by Gasteiger charge is -2.26. The molecule has 1 amide bonds. The first-order valence-electron chi connectivity index (χ1n) is 8.60. The molecule has 0 atom stereocenters. The lowest BCUT2D eigenvalue weighted by Crippen LogP contribution is -2.33. The minimum atomic E-state index is 0.0231. The smallest absolute Gasteiger partial charge is 0.247 e. The maximum absolute atomic E-state index is 12.3. The van der Waals surface area contributed by atoms with Crippen LogP contribution in [0, 0.1) is 6.92 Å². The third-order valence-electron chi connectivity index (χ3n) is 4.45. The van der Waals surface area contributed by atoms with Crippen molar-refractivity contribution in [2.75, 3.05) is 13.1 Å². The Bertz CT molecular complexity index is 768. The molecule has 0 saturated heterocycles. The van der Waals surface area contributed by atoms with E-state index in [-0.39, 0.29) is 5.91 Å². The predicted octanol–water partition coefficient (Wildman–Crippen LogP) is 4.10. The van der Waals surface area contributed by atoms with Gasteiger partial charge in [0.25, 0.3) is 0 Å². The summed E-state index contributed by atoms with van der Waals surface area (Å²) in [7, 11) is 0. The number of nitrogens with one attached hydrogen (secondary N) is 1. The summed E-state index contributed by atoms with van der Waals surface area (Å²) in [5.74, 6) is 0.0231. The summed E-state index contributed by atoms with van der Waals surface area (Å²) in [6, 6.07) is 16.2. The summed E-state index contributed by atoms with van der Waals surface area (Å²) in [5, 5.41) is 3.67. The van der Waals surface area contributed by atoms with Gasteiger partial charge in [0.15, 0.2) is 0 Å². The van der Waals surface area contributed by atoms with Gasteiger partial charge in [-0.2, -0.15) is 0 Å². The topological polar surface area (TPSA) is 32.3 Å². The van der Waals surface area contributed by atoms with Crippen LogP contribution in [0.25, 0.3) is 0 Å². The minimum Gasteiger partial charge on any atom is -0.348 e. The van der Waals surface area contributed by atoms with Crippen LogP contribution >= 0.6 is 11.6 Å². The molecule has 0 spiro atoms. The van der Waals surface area contributed by atoms with Crippen LogP contribution in [0.5, 0.6) is 0 Å². The van der Waals surface area contributed by atoms with Gasteiger partial charge in [0, 0.05) is 36.8 Å². The van der Waals surface area contributed by atoms with Crippen LogP contribution in [-0.4, -0.2) is 23.9 Å². The average molecular weight is 355 g/mol. The van der Waals surface area contributed by atoms with Crippen LogP contribution < -0.4 is 5.32 Å². The Hall–Kier alpha value is -2.10. The second kappa shape index (κ2) is 8.32. The van der Waals surface area contributed by atoms with E-state index in [1.165, 1.54) is 11.1 Å². The van der Waals surface area contributed by atoms with Gasteiger partial charge in [-0.05, 0) is 36.6 Å². The normalized spacial score (nSPS) is 14.9. The van der Waals surface area contributed by atoms with E-state index in [1.807, 2.05) is 30.3 Å². The molecule has 0 bridgehead atoms. The molecule has 0 radical (unpaired) electrons. The number of amides is 1. The molecule has 0 aromatic heterocycles. The van der Waals surface area contributed by atoms with Gasteiger partial charge in [0.1, 0.15) is 0 Å². The fourth-order valence-electron chi connectivity index (χ4n) is 2.96. The number of aryl methyl sites for hydroxylation is 1. The number of carbonyl (C=O) groups excluding carboxylic acids is 1. The zero-order chi connectivity index (χ0) is 17.6. The van der Waals surface area contributed by atoms with E-state index in [0.29, 0.717) is 11.6 Å². The molecule has 130 valence electrons. The van der Waals surface area contributed by atoms with Crippen LogP contribution in [0.1, 0.15) is 23.1 Å². The maximum Gasteiger partial charge on any atom is 0.247 e. The Kier molecular flexibility index (Phi) is 5.90. The fourth-order valence-corrected chi connectivity index (χ4v) is 3.17. The minimum absolute atomic E-state index is 0.0231. The van der Waals surface area contributed by atoms with Crippen LogP contribution in [0.3, 0.4) is 0 Å². The summed E-state index contributed by atoms with van der Waals surface area (Å²) in [6.45, 7) is 5.25. The quantitative estimate of drug-likeness (QED) is 0.876. The molecule has 3 nitrogen and oxygen atoms in total. The zero-order valence-corrected chi connectivity index (χ0v) is 15.2. The highest BCUT2D eigenvalue weighted by molar-refractivity contribution is 6.30. The molecule has 0 aliphatic carbocycles. The Morgan fingerprint density at radius 2 is 1.96 bits per heavy atom. The lowest BCUT2D eigenvalue weighted by atomic mass is 10.1. The first-order chi connectivity index (χ1) is 12.1. The molecule has 25 heavy (non-hydrogen) atoms. The molecule has 0 unspecified atom stereocenters. The molecule has 1 heterocycles. The molecule has 0 fully saturated rings. The lowest BCUT2D eigenvalue weighted by molar-refractivity contribution is -0.117. The number of hydrogen-bond donors (Lipinski definition) is 1. The molecular weight excluding hydrogens is 332 g/mol. The maximum atomic E-state index is 12.3. The largest absolute Gasteiger partial charge is 0.348 e.